The highest BCUT2D eigenvalue weighted by atomic mass is 32.2. The highest BCUT2D eigenvalue weighted by molar-refractivity contribution is 7.98. The third-order valence-electron chi connectivity index (χ3n) is 2.30. The molecule has 0 bridgehead atoms. The first-order valence-corrected chi connectivity index (χ1v) is 6.42. The van der Waals surface area contributed by atoms with Gasteiger partial charge in [0.05, 0.1) is 0 Å². The summed E-state index contributed by atoms with van der Waals surface area (Å²) in [5, 5.41) is 10.4. The molecule has 0 saturated heterocycles. The van der Waals surface area contributed by atoms with Crippen molar-refractivity contribution in [2.45, 2.75) is 12.1 Å². The number of hydrogen-bond acceptors (Lipinski definition) is 4. The Hall–Kier alpha value is -2.26. The van der Waals surface area contributed by atoms with E-state index in [2.05, 4.69) is 29.4 Å². The molecule has 0 radical (unpaired) electrons. The molecule has 98 valence electrons. The summed E-state index contributed by atoms with van der Waals surface area (Å²) in [5.41, 5.74) is 1.34. The van der Waals surface area contributed by atoms with E-state index in [-0.39, 0.29) is 5.69 Å². The predicted octanol–water partition coefficient (Wildman–Crippen LogP) is 2.59. The highest BCUT2D eigenvalue weighted by Gasteiger charge is 2.16. The molecule has 2 heterocycles. The van der Waals surface area contributed by atoms with Crippen LogP contribution in [0.1, 0.15) is 17.4 Å². The van der Waals surface area contributed by atoms with E-state index < -0.39 is 5.97 Å². The number of rotatable bonds is 3. The number of carbonyl (C=O) groups is 1. The Morgan fingerprint density at radius 3 is 2.63 bits per heavy atom. The first-order chi connectivity index (χ1) is 9.04. The van der Waals surface area contributed by atoms with E-state index >= 15 is 0 Å². The summed E-state index contributed by atoms with van der Waals surface area (Å²) in [6, 6.07) is 1.55. The van der Waals surface area contributed by atoms with Gasteiger partial charge in [0.15, 0.2) is 5.16 Å². The lowest BCUT2D eigenvalue weighted by Crippen LogP contribution is -2.06. The van der Waals surface area contributed by atoms with Gasteiger partial charge in [-0.2, -0.15) is 0 Å². The summed E-state index contributed by atoms with van der Waals surface area (Å²) in [4.78, 5) is 19.6. The average molecular weight is 275 g/mol. The molecule has 1 N–H and O–H groups in total. The van der Waals surface area contributed by atoms with Gasteiger partial charge in [0.2, 0.25) is 0 Å². The van der Waals surface area contributed by atoms with Gasteiger partial charge in [-0.05, 0) is 19.2 Å². The van der Waals surface area contributed by atoms with Crippen LogP contribution in [0.4, 0.5) is 0 Å². The van der Waals surface area contributed by atoms with Crippen molar-refractivity contribution < 1.29 is 9.90 Å². The van der Waals surface area contributed by atoms with Crippen molar-refractivity contribution in [3.63, 3.8) is 0 Å². The third-order valence-corrected chi connectivity index (χ3v) is 2.86. The van der Waals surface area contributed by atoms with Crippen LogP contribution in [0, 0.1) is 12.8 Å². The topological polar surface area (TPSA) is 68.0 Å². The molecule has 2 aromatic rings. The maximum absolute atomic E-state index is 11.1. The molecule has 0 unspecified atom stereocenters. The summed E-state index contributed by atoms with van der Waals surface area (Å²) in [7, 11) is 0. The fraction of sp³-hybridized carbons (Fsp3) is 0.154. The fourth-order valence-electron chi connectivity index (χ4n) is 1.62. The van der Waals surface area contributed by atoms with Gasteiger partial charge < -0.3 is 5.11 Å². The van der Waals surface area contributed by atoms with Crippen LogP contribution in [0.3, 0.4) is 0 Å². The van der Waals surface area contributed by atoms with E-state index in [4.69, 9.17) is 5.11 Å². The molecule has 0 saturated carbocycles. The Bertz CT molecular complexity index is 658. The maximum Gasteiger partial charge on any atom is 0.352 e. The van der Waals surface area contributed by atoms with Crippen LogP contribution in [-0.4, -0.2) is 31.9 Å². The minimum Gasteiger partial charge on any atom is -0.477 e. The zero-order valence-electron chi connectivity index (χ0n) is 10.6. The number of fused-ring (bicyclic) bond motifs is 1. The minimum atomic E-state index is -1.00. The molecule has 0 aliphatic rings. The second-order valence-electron chi connectivity index (χ2n) is 3.54. The zero-order chi connectivity index (χ0) is 14.6. The number of hydrogen-bond donors (Lipinski definition) is 1. The number of aromatic carboxylic acids is 1. The second-order valence-corrected chi connectivity index (χ2v) is 4.31. The Morgan fingerprint density at radius 2 is 2.16 bits per heavy atom. The largest absolute Gasteiger partial charge is 0.477 e. The Morgan fingerprint density at radius 1 is 1.53 bits per heavy atom. The molecule has 0 spiro atoms. The van der Waals surface area contributed by atoms with Gasteiger partial charge in [0, 0.05) is 17.3 Å². The number of carboxylic acids is 1. The fourth-order valence-corrected chi connectivity index (χ4v) is 1.95. The Labute approximate surface area is 115 Å². The van der Waals surface area contributed by atoms with Gasteiger partial charge in [0.25, 0.3) is 0 Å². The van der Waals surface area contributed by atoms with Crippen molar-refractivity contribution in [3.8, 4) is 12.8 Å². The van der Waals surface area contributed by atoms with E-state index in [1.807, 2.05) is 6.26 Å². The third kappa shape index (κ3) is 2.77. The molecular weight excluding hydrogens is 262 g/mol. The first-order valence-electron chi connectivity index (χ1n) is 5.19. The zero-order valence-corrected chi connectivity index (χ0v) is 11.4. The lowest BCUT2D eigenvalue weighted by Gasteiger charge is -2.06. The quantitative estimate of drug-likeness (QED) is 0.530. The van der Waals surface area contributed by atoms with Crippen LogP contribution < -0.4 is 0 Å². The van der Waals surface area contributed by atoms with E-state index in [9.17, 15) is 4.79 Å². The standard InChI is InChI=1S/C11H11N3O2S.C2H2/c1-6(2)14-8(10(15)16)4-7-5-12-11(17-3)13-9(7)14;1-2/h4-5H,1H2,2-3H3,(H,15,16);1-2H. The van der Waals surface area contributed by atoms with Crippen molar-refractivity contribution in [1.29, 1.82) is 0 Å². The van der Waals surface area contributed by atoms with E-state index in [1.165, 1.54) is 16.3 Å². The molecule has 2 rings (SSSR count). The van der Waals surface area contributed by atoms with Crippen LogP contribution >= 0.6 is 11.8 Å². The number of terminal acetylenes is 1. The maximum atomic E-state index is 11.1. The van der Waals surface area contributed by atoms with Crippen LogP contribution in [0.5, 0.6) is 0 Å². The van der Waals surface area contributed by atoms with Gasteiger partial charge in [-0.15, -0.1) is 12.8 Å². The van der Waals surface area contributed by atoms with Crippen LogP contribution in [0.25, 0.3) is 16.7 Å². The molecule has 19 heavy (non-hydrogen) atoms. The van der Waals surface area contributed by atoms with Crippen LogP contribution in [0.2, 0.25) is 0 Å². The summed E-state index contributed by atoms with van der Waals surface area (Å²) in [6.07, 6.45) is 11.5. The number of nitrogens with zero attached hydrogens (tertiary/aromatic N) is 3. The number of carboxylic acid groups (broad SMARTS) is 1. The smallest absolute Gasteiger partial charge is 0.352 e. The Kier molecular flexibility index (Phi) is 4.73. The summed E-state index contributed by atoms with van der Waals surface area (Å²) in [5.74, 6) is -1.00. The number of thioether (sulfide) groups is 1. The molecule has 0 fully saturated rings. The van der Waals surface area contributed by atoms with Crippen LogP contribution in [-0.2, 0) is 0 Å². The van der Waals surface area contributed by atoms with Crippen molar-refractivity contribution in [3.05, 3.63) is 24.5 Å². The summed E-state index contributed by atoms with van der Waals surface area (Å²) >= 11 is 1.41. The van der Waals surface area contributed by atoms with E-state index in [0.29, 0.717) is 21.9 Å². The van der Waals surface area contributed by atoms with E-state index in [0.717, 1.165) is 0 Å². The molecule has 0 aliphatic heterocycles. The minimum absolute atomic E-state index is 0.153. The van der Waals surface area contributed by atoms with Gasteiger partial charge in [-0.3, -0.25) is 4.57 Å². The lowest BCUT2D eigenvalue weighted by atomic mass is 10.4. The predicted molar refractivity (Wildman–Crippen MR) is 77.2 cm³/mol. The molecular formula is C13H13N3O2S. The Balaban J connectivity index is 0.000000861. The average Bonchev–Trinajstić information content (AvgIpc) is 2.79. The highest BCUT2D eigenvalue weighted by Crippen LogP contribution is 2.22. The monoisotopic (exact) mass is 275 g/mol. The molecule has 0 atom stereocenters. The van der Waals surface area contributed by atoms with Crippen molar-refractivity contribution in [2.75, 3.05) is 6.26 Å². The van der Waals surface area contributed by atoms with Gasteiger partial charge in [-0.1, -0.05) is 18.3 Å². The van der Waals surface area contributed by atoms with Crippen LogP contribution in [0.15, 0.2) is 24.0 Å². The molecule has 0 amide bonds. The molecule has 2 aromatic heterocycles. The van der Waals surface area contributed by atoms with Gasteiger partial charge in [0.1, 0.15) is 11.3 Å². The van der Waals surface area contributed by atoms with E-state index in [1.54, 1.807) is 19.2 Å². The number of allylic oxidation sites excluding steroid dienone is 1. The molecule has 0 aliphatic carbocycles. The van der Waals surface area contributed by atoms with Crippen molar-refractivity contribution in [2.24, 2.45) is 0 Å². The SMILES string of the molecule is C#C.C=C(C)n1c(C(=O)O)cc2cnc(SC)nc21. The normalized spacial score (nSPS) is 9.68. The first kappa shape index (κ1) is 14.8. The molecule has 5 nitrogen and oxygen atoms in total. The molecule has 6 heteroatoms. The molecule has 0 aromatic carbocycles. The lowest BCUT2D eigenvalue weighted by molar-refractivity contribution is 0.0689. The van der Waals surface area contributed by atoms with Gasteiger partial charge >= 0.3 is 5.97 Å². The van der Waals surface area contributed by atoms with Crippen molar-refractivity contribution in [1.82, 2.24) is 14.5 Å². The summed E-state index contributed by atoms with van der Waals surface area (Å²) in [6.45, 7) is 5.52. The van der Waals surface area contributed by atoms with Gasteiger partial charge in [-0.25, -0.2) is 14.8 Å². The number of aromatic nitrogens is 3. The second kappa shape index (κ2) is 6.07. The van der Waals surface area contributed by atoms with Crippen molar-refractivity contribution >= 4 is 34.5 Å². The summed E-state index contributed by atoms with van der Waals surface area (Å²) < 4.78 is 1.53.